The number of rotatable bonds is 2. The van der Waals surface area contributed by atoms with Gasteiger partial charge in [-0.1, -0.05) is 0 Å². The van der Waals surface area contributed by atoms with Crippen LogP contribution in [0.2, 0.25) is 0 Å². The van der Waals surface area contributed by atoms with Gasteiger partial charge < -0.3 is 10.2 Å². The molecular formula is C20H14Br2N4O2. The van der Waals surface area contributed by atoms with E-state index >= 15 is 0 Å². The Hall–Kier alpha value is -2.84. The number of halogens is 2. The van der Waals surface area contributed by atoms with Gasteiger partial charge in [0.15, 0.2) is 0 Å². The quantitative estimate of drug-likeness (QED) is 0.391. The third-order valence-electron chi connectivity index (χ3n) is 3.62. The number of phenols is 2. The molecule has 2 aromatic carbocycles. The second kappa shape index (κ2) is 9.38. The monoisotopic (exact) mass is 500 g/mol. The first kappa shape index (κ1) is 19.9. The molecule has 0 unspecified atom stereocenters. The largest absolute Gasteiger partial charge is 0.508 e. The Labute approximate surface area is 178 Å². The molecule has 6 nitrogen and oxygen atoms in total. The van der Waals surface area contributed by atoms with Gasteiger partial charge >= 0.3 is 0 Å². The van der Waals surface area contributed by atoms with Gasteiger partial charge in [0.1, 0.15) is 24.2 Å². The van der Waals surface area contributed by atoms with Crippen molar-refractivity contribution >= 4 is 31.9 Å². The van der Waals surface area contributed by atoms with Gasteiger partial charge in [-0.25, -0.2) is 19.9 Å². The Bertz CT molecular complexity index is 971. The smallest absolute Gasteiger partial charge is 0.116 e. The van der Waals surface area contributed by atoms with Crippen LogP contribution in [0, 0.1) is 0 Å². The Balaban J connectivity index is 0.000000161. The summed E-state index contributed by atoms with van der Waals surface area (Å²) in [4.78, 5) is 16.0. The molecule has 0 amide bonds. The van der Waals surface area contributed by atoms with Crippen molar-refractivity contribution < 1.29 is 10.2 Å². The third kappa shape index (κ3) is 5.11. The molecule has 0 fully saturated rings. The molecule has 2 N–H and O–H groups in total. The Kier molecular flexibility index (Phi) is 6.67. The average molecular weight is 502 g/mol. The number of hydrogen-bond acceptors (Lipinski definition) is 6. The van der Waals surface area contributed by atoms with Gasteiger partial charge in [-0.3, -0.25) is 0 Å². The molecule has 28 heavy (non-hydrogen) atoms. The topological polar surface area (TPSA) is 92.0 Å². The number of aromatic nitrogens is 4. The summed E-state index contributed by atoms with van der Waals surface area (Å²) in [5, 5.41) is 18.3. The number of aromatic hydroxyl groups is 2. The lowest BCUT2D eigenvalue weighted by Gasteiger charge is -2.02. The Morgan fingerprint density at radius 1 is 0.571 bits per heavy atom. The minimum Gasteiger partial charge on any atom is -0.508 e. The molecule has 0 aliphatic carbocycles. The van der Waals surface area contributed by atoms with Crippen molar-refractivity contribution in [2.24, 2.45) is 0 Å². The van der Waals surface area contributed by atoms with Gasteiger partial charge in [0.05, 0.1) is 20.3 Å². The van der Waals surface area contributed by atoms with Crippen molar-refractivity contribution in [2.75, 3.05) is 0 Å². The summed E-state index contributed by atoms with van der Waals surface area (Å²) in [6, 6.07) is 13.7. The molecule has 0 radical (unpaired) electrons. The average Bonchev–Trinajstić information content (AvgIpc) is 2.71. The van der Waals surface area contributed by atoms with Crippen LogP contribution in [0.25, 0.3) is 22.5 Å². The maximum atomic E-state index is 9.13. The number of benzene rings is 2. The van der Waals surface area contributed by atoms with Crippen molar-refractivity contribution in [3.63, 3.8) is 0 Å². The first-order chi connectivity index (χ1) is 13.5. The Morgan fingerprint density at radius 2 is 0.929 bits per heavy atom. The summed E-state index contributed by atoms with van der Waals surface area (Å²) in [5.74, 6) is 0.498. The fourth-order valence-electron chi connectivity index (χ4n) is 2.29. The predicted octanol–water partition coefficient (Wildman–Crippen LogP) is 5.22. The van der Waals surface area contributed by atoms with Crippen molar-refractivity contribution in [1.82, 2.24) is 19.9 Å². The predicted molar refractivity (Wildman–Crippen MR) is 114 cm³/mol. The fraction of sp³-hybridized carbons (Fsp3) is 0. The van der Waals surface area contributed by atoms with Crippen LogP contribution in [0.5, 0.6) is 11.5 Å². The van der Waals surface area contributed by atoms with E-state index in [1.165, 1.54) is 12.7 Å². The maximum Gasteiger partial charge on any atom is 0.116 e. The normalized spacial score (nSPS) is 10.1. The van der Waals surface area contributed by atoms with E-state index in [2.05, 4.69) is 51.8 Å². The van der Waals surface area contributed by atoms with Gasteiger partial charge in [0, 0.05) is 23.5 Å². The van der Waals surface area contributed by atoms with Crippen molar-refractivity contribution in [1.29, 1.82) is 0 Å². The molecule has 8 heteroatoms. The van der Waals surface area contributed by atoms with Crippen LogP contribution >= 0.6 is 31.9 Å². The van der Waals surface area contributed by atoms with Crippen LogP contribution < -0.4 is 0 Å². The minimum absolute atomic E-state index is 0.249. The molecular weight excluding hydrogens is 488 g/mol. The summed E-state index contributed by atoms with van der Waals surface area (Å²) < 4.78 is 1.68. The molecule has 2 heterocycles. The van der Waals surface area contributed by atoms with Crippen molar-refractivity contribution in [2.45, 2.75) is 0 Å². The van der Waals surface area contributed by atoms with Gasteiger partial charge in [-0.05, 0) is 80.4 Å². The minimum atomic E-state index is 0.249. The molecule has 0 saturated carbocycles. The van der Waals surface area contributed by atoms with E-state index in [0.29, 0.717) is 0 Å². The molecule has 140 valence electrons. The molecule has 0 bridgehead atoms. The zero-order valence-corrected chi connectivity index (χ0v) is 17.5. The van der Waals surface area contributed by atoms with E-state index in [4.69, 9.17) is 10.2 Å². The first-order valence-corrected chi connectivity index (χ1v) is 9.63. The van der Waals surface area contributed by atoms with E-state index in [-0.39, 0.29) is 11.5 Å². The number of nitrogens with zero attached hydrogens (tertiary/aromatic N) is 4. The van der Waals surface area contributed by atoms with E-state index in [0.717, 1.165) is 31.5 Å². The molecule has 0 spiro atoms. The number of phenolic OH excluding ortho intramolecular Hbond substituents is 2. The van der Waals surface area contributed by atoms with Crippen molar-refractivity contribution in [3.05, 3.63) is 82.5 Å². The third-order valence-corrected chi connectivity index (χ3v) is 4.78. The second-order valence-electron chi connectivity index (χ2n) is 5.53. The van der Waals surface area contributed by atoms with Crippen LogP contribution in [0.3, 0.4) is 0 Å². The lowest BCUT2D eigenvalue weighted by molar-refractivity contribution is 0.475. The summed E-state index contributed by atoms with van der Waals surface area (Å²) in [6.07, 6.45) is 6.37. The lowest BCUT2D eigenvalue weighted by Crippen LogP contribution is -1.85. The molecule has 0 saturated heterocycles. The van der Waals surface area contributed by atoms with Gasteiger partial charge in [-0.2, -0.15) is 0 Å². The summed E-state index contributed by atoms with van der Waals surface area (Å²) in [7, 11) is 0. The lowest BCUT2D eigenvalue weighted by atomic mass is 10.1. The molecule has 0 aliphatic rings. The molecule has 0 atom stereocenters. The zero-order chi connectivity index (χ0) is 19.9. The second-order valence-corrected chi connectivity index (χ2v) is 7.24. The van der Waals surface area contributed by atoms with Crippen LogP contribution in [0.4, 0.5) is 0 Å². The highest BCUT2D eigenvalue weighted by atomic mass is 79.9. The fourth-order valence-corrected chi connectivity index (χ4v) is 3.19. The van der Waals surface area contributed by atoms with Gasteiger partial charge in [0.25, 0.3) is 0 Å². The standard InChI is InChI=1S/2C10H7BrN2O/c2*11-9-5-12-6-13-10(9)7-1-3-8(14)4-2-7/h2*1-6,14H. The van der Waals surface area contributed by atoms with Crippen LogP contribution in [0.15, 0.2) is 82.5 Å². The molecule has 2 aromatic heterocycles. The first-order valence-electron chi connectivity index (χ1n) is 8.04. The SMILES string of the molecule is Oc1ccc(-c2ncncc2Br)cc1.Oc1ccc(-c2ncncc2Br)cc1. The maximum absolute atomic E-state index is 9.13. The van der Waals surface area contributed by atoms with E-state index < -0.39 is 0 Å². The highest BCUT2D eigenvalue weighted by Gasteiger charge is 2.04. The van der Waals surface area contributed by atoms with Gasteiger partial charge in [0.2, 0.25) is 0 Å². The molecule has 0 aliphatic heterocycles. The van der Waals surface area contributed by atoms with E-state index in [9.17, 15) is 0 Å². The zero-order valence-electron chi connectivity index (χ0n) is 14.4. The van der Waals surface area contributed by atoms with E-state index in [1.54, 1.807) is 36.7 Å². The molecule has 4 aromatic rings. The highest BCUT2D eigenvalue weighted by Crippen LogP contribution is 2.26. The summed E-state index contributed by atoms with van der Waals surface area (Å²) >= 11 is 6.73. The van der Waals surface area contributed by atoms with Crippen molar-refractivity contribution in [3.8, 4) is 34.0 Å². The van der Waals surface area contributed by atoms with Gasteiger partial charge in [-0.15, -0.1) is 0 Å². The van der Waals surface area contributed by atoms with Crippen LogP contribution in [-0.4, -0.2) is 30.1 Å². The summed E-state index contributed by atoms with van der Waals surface area (Å²) in [6.45, 7) is 0. The van der Waals surface area contributed by atoms with Crippen LogP contribution in [-0.2, 0) is 0 Å². The number of hydrogen-bond donors (Lipinski definition) is 2. The Morgan fingerprint density at radius 3 is 1.25 bits per heavy atom. The van der Waals surface area contributed by atoms with Crippen LogP contribution in [0.1, 0.15) is 0 Å². The molecule has 4 rings (SSSR count). The van der Waals surface area contributed by atoms with E-state index in [1.807, 2.05) is 24.3 Å². The highest BCUT2D eigenvalue weighted by molar-refractivity contribution is 9.11. The summed E-state index contributed by atoms with van der Waals surface area (Å²) in [5.41, 5.74) is 3.52.